The summed E-state index contributed by atoms with van der Waals surface area (Å²) in [7, 11) is 1.55. The summed E-state index contributed by atoms with van der Waals surface area (Å²) in [6.07, 6.45) is 0.736. The van der Waals surface area contributed by atoms with E-state index in [1.807, 2.05) is 67.6 Å². The van der Waals surface area contributed by atoms with Gasteiger partial charge in [-0.3, -0.25) is 4.79 Å². The molecule has 0 aliphatic rings. The van der Waals surface area contributed by atoms with E-state index in [2.05, 4.69) is 15.5 Å². The van der Waals surface area contributed by atoms with E-state index < -0.39 is 0 Å². The van der Waals surface area contributed by atoms with Gasteiger partial charge >= 0.3 is 0 Å². The maximum atomic E-state index is 12.7. The van der Waals surface area contributed by atoms with E-state index in [0.717, 1.165) is 28.9 Å². The number of benzene rings is 2. The molecule has 1 atom stereocenters. The number of nitrogens with one attached hydrogen (secondary N) is 1. The zero-order chi connectivity index (χ0) is 18.4. The highest BCUT2D eigenvalue weighted by Crippen LogP contribution is 2.24. The molecule has 3 aromatic rings. The Kier molecular flexibility index (Phi) is 5.59. The summed E-state index contributed by atoms with van der Waals surface area (Å²) < 4.78 is 5.03. The van der Waals surface area contributed by atoms with E-state index >= 15 is 0 Å². The minimum absolute atomic E-state index is 0.0170. The van der Waals surface area contributed by atoms with Crippen LogP contribution in [0.25, 0.3) is 11.3 Å². The maximum Gasteiger partial charge on any atom is 0.233 e. The van der Waals surface area contributed by atoms with Crippen molar-refractivity contribution < 1.29 is 9.53 Å². The Morgan fingerprint density at radius 2 is 1.85 bits per heavy atom. The van der Waals surface area contributed by atoms with Gasteiger partial charge in [0, 0.05) is 17.3 Å². The van der Waals surface area contributed by atoms with E-state index in [1.165, 1.54) is 0 Å². The predicted molar refractivity (Wildman–Crippen MR) is 102 cm³/mol. The molecule has 132 valence electrons. The third kappa shape index (κ3) is 4.06. The van der Waals surface area contributed by atoms with Crippen molar-refractivity contribution in [1.29, 1.82) is 0 Å². The van der Waals surface area contributed by atoms with Gasteiger partial charge in [-0.05, 0) is 30.2 Å². The SMILES string of the molecule is CC[C@H](C(=O)Nc1cccc(-c2ccc(OC)nn2)c1)c1ccccc1. The number of carbonyl (C=O) groups is 1. The van der Waals surface area contributed by atoms with Crippen molar-refractivity contribution in [2.45, 2.75) is 19.3 Å². The highest BCUT2D eigenvalue weighted by molar-refractivity contribution is 5.96. The molecular formula is C21H21N3O2. The largest absolute Gasteiger partial charge is 0.480 e. The fourth-order valence-electron chi connectivity index (χ4n) is 2.83. The molecule has 0 aliphatic heterocycles. The predicted octanol–water partition coefficient (Wildman–Crippen LogP) is 4.28. The fourth-order valence-corrected chi connectivity index (χ4v) is 2.83. The number of hydrogen-bond acceptors (Lipinski definition) is 4. The second-order valence-corrected chi connectivity index (χ2v) is 5.90. The maximum absolute atomic E-state index is 12.7. The molecule has 5 heteroatoms. The first-order chi connectivity index (χ1) is 12.7. The minimum Gasteiger partial charge on any atom is -0.480 e. The van der Waals surface area contributed by atoms with Gasteiger partial charge in [-0.25, -0.2) is 0 Å². The lowest BCUT2D eigenvalue weighted by Crippen LogP contribution is -2.20. The van der Waals surface area contributed by atoms with Crippen molar-refractivity contribution >= 4 is 11.6 Å². The van der Waals surface area contributed by atoms with Gasteiger partial charge in [0.1, 0.15) is 0 Å². The van der Waals surface area contributed by atoms with Crippen molar-refractivity contribution in [2.75, 3.05) is 12.4 Å². The van der Waals surface area contributed by atoms with Crippen LogP contribution < -0.4 is 10.1 Å². The standard InChI is InChI=1S/C21H21N3O2/c1-3-18(15-8-5-4-6-9-15)21(25)22-17-11-7-10-16(14-17)19-12-13-20(26-2)24-23-19/h4-14,18H,3H2,1-2H3,(H,22,25)/t18-/m0/s1. The normalized spacial score (nSPS) is 11.6. The van der Waals surface area contributed by atoms with Gasteiger partial charge in [-0.15, -0.1) is 10.2 Å². The molecule has 1 amide bonds. The van der Waals surface area contributed by atoms with Crippen molar-refractivity contribution in [3.8, 4) is 17.1 Å². The molecule has 0 saturated carbocycles. The number of nitrogens with zero attached hydrogens (tertiary/aromatic N) is 2. The summed E-state index contributed by atoms with van der Waals surface area (Å²) >= 11 is 0. The highest BCUT2D eigenvalue weighted by Gasteiger charge is 2.18. The Labute approximate surface area is 153 Å². The van der Waals surface area contributed by atoms with Crippen molar-refractivity contribution in [3.05, 3.63) is 72.3 Å². The number of aromatic nitrogens is 2. The number of hydrogen-bond donors (Lipinski definition) is 1. The third-order valence-corrected chi connectivity index (χ3v) is 4.20. The molecule has 3 rings (SSSR count). The first kappa shape index (κ1) is 17.6. The Morgan fingerprint density at radius 1 is 1.04 bits per heavy atom. The number of amides is 1. The Morgan fingerprint density at radius 3 is 2.50 bits per heavy atom. The zero-order valence-corrected chi connectivity index (χ0v) is 14.8. The quantitative estimate of drug-likeness (QED) is 0.723. The van der Waals surface area contributed by atoms with Crippen LogP contribution in [0.3, 0.4) is 0 Å². The molecular weight excluding hydrogens is 326 g/mol. The van der Waals surface area contributed by atoms with Crippen LogP contribution in [-0.4, -0.2) is 23.2 Å². The van der Waals surface area contributed by atoms with Crippen LogP contribution in [0.4, 0.5) is 5.69 Å². The molecule has 0 radical (unpaired) electrons. The molecule has 0 aliphatic carbocycles. The van der Waals surface area contributed by atoms with E-state index in [4.69, 9.17) is 4.74 Å². The molecule has 1 aromatic heterocycles. The van der Waals surface area contributed by atoms with Crippen molar-refractivity contribution in [1.82, 2.24) is 10.2 Å². The second kappa shape index (κ2) is 8.25. The van der Waals surface area contributed by atoms with Gasteiger partial charge in [0.05, 0.1) is 18.7 Å². The summed E-state index contributed by atoms with van der Waals surface area (Å²) in [5.74, 6) is 0.268. The second-order valence-electron chi connectivity index (χ2n) is 5.90. The minimum atomic E-state index is -0.180. The lowest BCUT2D eigenvalue weighted by molar-refractivity contribution is -0.117. The topological polar surface area (TPSA) is 64.1 Å². The molecule has 1 N–H and O–H groups in total. The van der Waals surface area contributed by atoms with E-state index in [9.17, 15) is 4.79 Å². The molecule has 26 heavy (non-hydrogen) atoms. The number of anilines is 1. The molecule has 5 nitrogen and oxygen atoms in total. The molecule has 0 unspecified atom stereocenters. The van der Waals surface area contributed by atoms with Crippen LogP contribution in [-0.2, 0) is 4.79 Å². The first-order valence-electron chi connectivity index (χ1n) is 8.55. The molecule has 0 fully saturated rings. The number of carbonyl (C=O) groups excluding carboxylic acids is 1. The van der Waals surface area contributed by atoms with E-state index in [-0.39, 0.29) is 11.8 Å². The lowest BCUT2D eigenvalue weighted by Gasteiger charge is -2.16. The van der Waals surface area contributed by atoms with Crippen LogP contribution in [0.5, 0.6) is 5.88 Å². The van der Waals surface area contributed by atoms with Gasteiger partial charge in [0.25, 0.3) is 0 Å². The molecule has 2 aromatic carbocycles. The summed E-state index contributed by atoms with van der Waals surface area (Å²) in [6, 6.07) is 21.0. The molecule has 0 saturated heterocycles. The summed E-state index contributed by atoms with van der Waals surface area (Å²) in [5.41, 5.74) is 3.35. The Bertz CT molecular complexity index is 864. The fraction of sp³-hybridized carbons (Fsp3) is 0.190. The van der Waals surface area contributed by atoms with Gasteiger partial charge in [0.15, 0.2) is 0 Å². The van der Waals surface area contributed by atoms with Gasteiger partial charge < -0.3 is 10.1 Å². The Balaban J connectivity index is 1.78. The van der Waals surface area contributed by atoms with Crippen molar-refractivity contribution in [2.24, 2.45) is 0 Å². The molecule has 0 bridgehead atoms. The average Bonchev–Trinajstić information content (AvgIpc) is 2.69. The first-order valence-corrected chi connectivity index (χ1v) is 8.55. The zero-order valence-electron chi connectivity index (χ0n) is 14.8. The summed E-state index contributed by atoms with van der Waals surface area (Å²) in [4.78, 5) is 12.7. The lowest BCUT2D eigenvalue weighted by atomic mass is 9.95. The van der Waals surface area contributed by atoms with Gasteiger partial charge in [-0.1, -0.05) is 49.4 Å². The Hall–Kier alpha value is -3.21. The smallest absolute Gasteiger partial charge is 0.233 e. The van der Waals surface area contributed by atoms with E-state index in [1.54, 1.807) is 13.2 Å². The van der Waals surface area contributed by atoms with Gasteiger partial charge in [-0.2, -0.15) is 0 Å². The average molecular weight is 347 g/mol. The van der Waals surface area contributed by atoms with Crippen LogP contribution in [0.2, 0.25) is 0 Å². The summed E-state index contributed by atoms with van der Waals surface area (Å²) in [6.45, 7) is 2.01. The van der Waals surface area contributed by atoms with Crippen LogP contribution >= 0.6 is 0 Å². The number of rotatable bonds is 6. The number of ether oxygens (including phenoxy) is 1. The molecule has 0 spiro atoms. The highest BCUT2D eigenvalue weighted by atomic mass is 16.5. The van der Waals surface area contributed by atoms with Crippen LogP contribution in [0, 0.1) is 0 Å². The van der Waals surface area contributed by atoms with Gasteiger partial charge in [0.2, 0.25) is 11.8 Å². The third-order valence-electron chi connectivity index (χ3n) is 4.20. The van der Waals surface area contributed by atoms with Crippen molar-refractivity contribution in [3.63, 3.8) is 0 Å². The van der Waals surface area contributed by atoms with Crippen LogP contribution in [0.15, 0.2) is 66.7 Å². The molecule has 1 heterocycles. The number of methoxy groups -OCH3 is 1. The monoisotopic (exact) mass is 347 g/mol. The van der Waals surface area contributed by atoms with Crippen LogP contribution in [0.1, 0.15) is 24.8 Å². The summed E-state index contributed by atoms with van der Waals surface area (Å²) in [5, 5.41) is 11.1. The van der Waals surface area contributed by atoms with E-state index in [0.29, 0.717) is 5.88 Å².